The van der Waals surface area contributed by atoms with Gasteiger partial charge in [0.25, 0.3) is 0 Å². The van der Waals surface area contributed by atoms with Crippen molar-refractivity contribution in [2.75, 3.05) is 13.2 Å². The molecule has 1 aliphatic heterocycles. The van der Waals surface area contributed by atoms with Crippen LogP contribution in [0, 0.1) is 5.92 Å². The molecule has 0 amide bonds. The maximum atomic E-state index is 6.22. The van der Waals surface area contributed by atoms with Crippen LogP contribution >= 0.6 is 0 Å². The second kappa shape index (κ2) is 6.31. The molecule has 1 aliphatic carbocycles. The quantitative estimate of drug-likeness (QED) is 0.901. The van der Waals surface area contributed by atoms with Crippen LogP contribution in [-0.2, 0) is 4.74 Å². The smallest absolute Gasteiger partial charge is 0.120 e. The van der Waals surface area contributed by atoms with Crippen molar-refractivity contribution in [1.29, 1.82) is 0 Å². The normalized spacial score (nSPS) is 27.6. The second-order valence-corrected chi connectivity index (χ2v) is 6.40. The van der Waals surface area contributed by atoms with Crippen LogP contribution in [0.2, 0.25) is 0 Å². The van der Waals surface area contributed by atoms with Gasteiger partial charge in [0.2, 0.25) is 0 Å². The molecule has 3 rings (SSSR count). The summed E-state index contributed by atoms with van der Waals surface area (Å²) in [5, 5.41) is 3.63. The van der Waals surface area contributed by atoms with Gasteiger partial charge < -0.3 is 14.5 Å². The van der Waals surface area contributed by atoms with Gasteiger partial charge in [0.05, 0.1) is 17.9 Å². The van der Waals surface area contributed by atoms with E-state index in [1.54, 1.807) is 6.26 Å². The van der Waals surface area contributed by atoms with E-state index in [0.717, 1.165) is 25.3 Å². The third-order valence-corrected chi connectivity index (χ3v) is 5.04. The Morgan fingerprint density at radius 1 is 1.35 bits per heavy atom. The Balaban J connectivity index is 1.73. The Hall–Kier alpha value is -0.800. The molecule has 0 radical (unpaired) electrons. The molecule has 1 N–H and O–H groups in total. The van der Waals surface area contributed by atoms with Crippen molar-refractivity contribution in [1.82, 2.24) is 5.32 Å². The van der Waals surface area contributed by atoms with Crippen LogP contribution in [0.4, 0.5) is 0 Å². The Morgan fingerprint density at radius 3 is 2.90 bits per heavy atom. The van der Waals surface area contributed by atoms with Gasteiger partial charge in [-0.15, -0.1) is 0 Å². The third-order valence-electron chi connectivity index (χ3n) is 5.04. The molecule has 1 aromatic heterocycles. The van der Waals surface area contributed by atoms with Crippen molar-refractivity contribution in [3.63, 3.8) is 0 Å². The highest BCUT2D eigenvalue weighted by atomic mass is 16.5. The molecule has 1 saturated heterocycles. The van der Waals surface area contributed by atoms with Crippen molar-refractivity contribution in [3.8, 4) is 0 Å². The minimum Gasteiger partial charge on any atom is -0.468 e. The zero-order valence-corrected chi connectivity index (χ0v) is 12.6. The van der Waals surface area contributed by atoms with Crippen LogP contribution in [0.3, 0.4) is 0 Å². The Morgan fingerprint density at radius 2 is 2.20 bits per heavy atom. The number of rotatable bonds is 4. The highest BCUT2D eigenvalue weighted by Gasteiger charge is 2.41. The van der Waals surface area contributed by atoms with Crippen LogP contribution < -0.4 is 5.32 Å². The van der Waals surface area contributed by atoms with E-state index in [1.165, 1.54) is 38.5 Å². The van der Waals surface area contributed by atoms with E-state index in [4.69, 9.17) is 9.15 Å². The number of hydrogen-bond donors (Lipinski definition) is 1. The highest BCUT2D eigenvalue weighted by molar-refractivity contribution is 5.07. The lowest BCUT2D eigenvalue weighted by atomic mass is 9.73. The van der Waals surface area contributed by atoms with Crippen LogP contribution in [-0.4, -0.2) is 18.8 Å². The van der Waals surface area contributed by atoms with Crippen molar-refractivity contribution in [2.24, 2.45) is 5.92 Å². The number of ether oxygens (including phenoxy) is 1. The lowest BCUT2D eigenvalue weighted by molar-refractivity contribution is -0.122. The van der Waals surface area contributed by atoms with E-state index >= 15 is 0 Å². The highest BCUT2D eigenvalue weighted by Crippen LogP contribution is 2.44. The van der Waals surface area contributed by atoms with Gasteiger partial charge in [-0.25, -0.2) is 0 Å². The average Bonchev–Trinajstić information content (AvgIpc) is 2.99. The Labute approximate surface area is 122 Å². The lowest BCUT2D eigenvalue weighted by Crippen LogP contribution is -2.44. The molecule has 3 nitrogen and oxygen atoms in total. The number of hydrogen-bond acceptors (Lipinski definition) is 3. The minimum atomic E-state index is 0.168. The summed E-state index contributed by atoms with van der Waals surface area (Å²) in [5.41, 5.74) is 0.168. The largest absolute Gasteiger partial charge is 0.468 e. The minimum absolute atomic E-state index is 0.168. The SMILES string of the molecule is CCNC(c1ccco1)C1CCOC2(CCCCC2)C1. The first-order chi connectivity index (χ1) is 9.83. The first-order valence-electron chi connectivity index (χ1n) is 8.24. The zero-order chi connectivity index (χ0) is 13.8. The van der Waals surface area contributed by atoms with Gasteiger partial charge in [0, 0.05) is 6.61 Å². The van der Waals surface area contributed by atoms with Gasteiger partial charge in [-0.1, -0.05) is 26.2 Å². The maximum Gasteiger partial charge on any atom is 0.120 e. The maximum absolute atomic E-state index is 6.22. The molecule has 1 saturated carbocycles. The summed E-state index contributed by atoms with van der Waals surface area (Å²) in [6.45, 7) is 4.06. The van der Waals surface area contributed by atoms with E-state index in [9.17, 15) is 0 Å². The average molecular weight is 277 g/mol. The fourth-order valence-electron chi connectivity index (χ4n) is 4.08. The van der Waals surface area contributed by atoms with Crippen molar-refractivity contribution < 1.29 is 9.15 Å². The van der Waals surface area contributed by atoms with Gasteiger partial charge in [0.15, 0.2) is 0 Å². The van der Waals surface area contributed by atoms with Crippen molar-refractivity contribution >= 4 is 0 Å². The molecule has 2 fully saturated rings. The van der Waals surface area contributed by atoms with Crippen LogP contribution in [0.15, 0.2) is 22.8 Å². The molecule has 1 aromatic rings. The summed E-state index contributed by atoms with van der Waals surface area (Å²) < 4.78 is 11.9. The van der Waals surface area contributed by atoms with Gasteiger partial charge in [-0.2, -0.15) is 0 Å². The first-order valence-corrected chi connectivity index (χ1v) is 8.24. The van der Waals surface area contributed by atoms with Crippen molar-refractivity contribution in [3.05, 3.63) is 24.2 Å². The molecule has 2 heterocycles. The standard InChI is InChI=1S/C17H27NO2/c1-2-18-16(15-7-6-11-19-15)14-8-12-20-17(13-14)9-4-3-5-10-17/h6-7,11,14,16,18H,2-5,8-10,12-13H2,1H3. The molecule has 3 heteroatoms. The second-order valence-electron chi connectivity index (χ2n) is 6.40. The summed E-state index contributed by atoms with van der Waals surface area (Å²) >= 11 is 0. The van der Waals surface area contributed by atoms with Gasteiger partial charge >= 0.3 is 0 Å². The number of nitrogens with one attached hydrogen (secondary N) is 1. The molecule has 2 unspecified atom stereocenters. The lowest BCUT2D eigenvalue weighted by Gasteiger charge is -2.45. The molecule has 2 atom stereocenters. The summed E-state index contributed by atoms with van der Waals surface area (Å²) in [4.78, 5) is 0. The Bertz CT molecular complexity index is 390. The fourth-order valence-corrected chi connectivity index (χ4v) is 4.08. The molecular formula is C17H27NO2. The Kier molecular flexibility index (Phi) is 4.47. The molecule has 0 bridgehead atoms. The summed E-state index contributed by atoms with van der Waals surface area (Å²) in [6, 6.07) is 4.45. The molecule has 1 spiro atoms. The third kappa shape index (κ3) is 2.94. The van der Waals surface area contributed by atoms with E-state index in [-0.39, 0.29) is 5.60 Å². The van der Waals surface area contributed by atoms with Crippen LogP contribution in [0.1, 0.15) is 63.7 Å². The first kappa shape index (κ1) is 14.2. The molecule has 112 valence electrons. The zero-order valence-electron chi connectivity index (χ0n) is 12.6. The van der Waals surface area contributed by atoms with Gasteiger partial charge in [0.1, 0.15) is 5.76 Å². The molecule has 2 aliphatic rings. The predicted molar refractivity (Wildman–Crippen MR) is 79.6 cm³/mol. The van der Waals surface area contributed by atoms with Crippen molar-refractivity contribution in [2.45, 2.75) is 63.5 Å². The fraction of sp³-hybridized carbons (Fsp3) is 0.765. The monoisotopic (exact) mass is 277 g/mol. The van der Waals surface area contributed by atoms with Crippen LogP contribution in [0.25, 0.3) is 0 Å². The summed E-state index contributed by atoms with van der Waals surface area (Å²) in [5.74, 6) is 1.72. The summed E-state index contributed by atoms with van der Waals surface area (Å²) in [6.07, 6.45) is 10.7. The number of furan rings is 1. The van der Waals surface area contributed by atoms with E-state index in [2.05, 4.69) is 18.3 Å². The van der Waals surface area contributed by atoms with Gasteiger partial charge in [-0.05, 0) is 50.3 Å². The van der Waals surface area contributed by atoms with E-state index < -0.39 is 0 Å². The predicted octanol–water partition coefficient (Wildman–Crippen LogP) is 4.06. The van der Waals surface area contributed by atoms with Crippen LogP contribution in [0.5, 0.6) is 0 Å². The molecular weight excluding hydrogens is 250 g/mol. The molecule has 0 aromatic carbocycles. The van der Waals surface area contributed by atoms with Gasteiger partial charge in [-0.3, -0.25) is 0 Å². The molecule has 20 heavy (non-hydrogen) atoms. The van der Waals surface area contributed by atoms with E-state index in [0.29, 0.717) is 12.0 Å². The topological polar surface area (TPSA) is 34.4 Å². The summed E-state index contributed by atoms with van der Waals surface area (Å²) in [7, 11) is 0. The van der Waals surface area contributed by atoms with E-state index in [1.807, 2.05) is 6.07 Å².